The fourth-order valence-corrected chi connectivity index (χ4v) is 1.08. The highest BCUT2D eigenvalue weighted by atomic mass is 15.1. The van der Waals surface area contributed by atoms with Gasteiger partial charge in [-0.1, -0.05) is 0 Å². The number of hydrogen-bond donors (Lipinski definition) is 3. The van der Waals surface area contributed by atoms with Crippen molar-refractivity contribution >= 4 is 0 Å². The van der Waals surface area contributed by atoms with Gasteiger partial charge in [0, 0.05) is 46.3 Å². The second-order valence-corrected chi connectivity index (χ2v) is 3.30. The zero-order valence-corrected chi connectivity index (χ0v) is 9.31. The Morgan fingerprint density at radius 3 is 2.29 bits per heavy atom. The van der Waals surface area contributed by atoms with Crippen LogP contribution in [0.1, 0.15) is 0 Å². The number of nitrogens with one attached hydrogen (secondary N) is 3. The molecule has 0 aromatic heterocycles. The zero-order valence-electron chi connectivity index (χ0n) is 9.31. The standard InChI is InChI=1S/C10H24N4/c1-4-12-5-6-13-8-10-14(3)9-7-11-2/h11-13H,1-2,4-10H2,3H3. The first-order valence-electron chi connectivity index (χ1n) is 5.20. The summed E-state index contributed by atoms with van der Waals surface area (Å²) < 4.78 is 0. The Labute approximate surface area is 88.4 Å². The van der Waals surface area contributed by atoms with Crippen molar-refractivity contribution in [1.29, 1.82) is 0 Å². The van der Waals surface area contributed by atoms with Crippen molar-refractivity contribution in [2.75, 3.05) is 52.9 Å². The molecule has 4 nitrogen and oxygen atoms in total. The summed E-state index contributed by atoms with van der Waals surface area (Å²) in [6.07, 6.45) is 0. The predicted molar refractivity (Wildman–Crippen MR) is 62.0 cm³/mol. The number of nitrogens with zero attached hydrogens (tertiary/aromatic N) is 1. The van der Waals surface area contributed by atoms with Crippen molar-refractivity contribution in [3.8, 4) is 0 Å². The Hall–Kier alpha value is -0.160. The van der Waals surface area contributed by atoms with Gasteiger partial charge in [0.05, 0.1) is 0 Å². The molecule has 0 aromatic rings. The van der Waals surface area contributed by atoms with Crippen LogP contribution in [-0.2, 0) is 0 Å². The SMILES string of the molecule is [CH2]CNCCNCCN(C)CCN[CH2]. The molecule has 14 heavy (non-hydrogen) atoms. The van der Waals surface area contributed by atoms with Crippen molar-refractivity contribution in [2.45, 2.75) is 0 Å². The Balaban J connectivity index is 3.02. The lowest BCUT2D eigenvalue weighted by Crippen LogP contribution is -2.35. The summed E-state index contributed by atoms with van der Waals surface area (Å²) in [6, 6.07) is 0. The first kappa shape index (κ1) is 13.8. The Kier molecular flexibility index (Phi) is 10.8. The molecular weight excluding hydrogens is 176 g/mol. The van der Waals surface area contributed by atoms with Crippen LogP contribution in [0.25, 0.3) is 0 Å². The van der Waals surface area contributed by atoms with Crippen LogP contribution in [0.5, 0.6) is 0 Å². The molecule has 0 aromatic carbocycles. The molecule has 0 unspecified atom stereocenters. The first-order valence-corrected chi connectivity index (χ1v) is 5.20. The highest BCUT2D eigenvalue weighted by Gasteiger charge is 1.95. The van der Waals surface area contributed by atoms with Gasteiger partial charge in [0.15, 0.2) is 0 Å². The molecule has 2 radical (unpaired) electrons. The van der Waals surface area contributed by atoms with Crippen molar-refractivity contribution < 1.29 is 0 Å². The maximum absolute atomic E-state index is 3.71. The Bertz CT molecular complexity index is 108. The van der Waals surface area contributed by atoms with Crippen molar-refractivity contribution in [2.24, 2.45) is 0 Å². The van der Waals surface area contributed by atoms with Crippen LogP contribution in [0.2, 0.25) is 0 Å². The lowest BCUT2D eigenvalue weighted by Gasteiger charge is -2.16. The molecule has 0 heterocycles. The topological polar surface area (TPSA) is 39.3 Å². The molecule has 0 bridgehead atoms. The molecule has 0 aliphatic heterocycles. The minimum atomic E-state index is 0.802. The Morgan fingerprint density at radius 1 is 1.00 bits per heavy atom. The Morgan fingerprint density at radius 2 is 1.64 bits per heavy atom. The summed E-state index contributed by atoms with van der Waals surface area (Å²) in [5.41, 5.74) is 0. The van der Waals surface area contributed by atoms with Crippen molar-refractivity contribution in [1.82, 2.24) is 20.9 Å². The monoisotopic (exact) mass is 200 g/mol. The minimum absolute atomic E-state index is 0.802. The van der Waals surface area contributed by atoms with Crippen molar-refractivity contribution in [3.63, 3.8) is 0 Å². The van der Waals surface area contributed by atoms with Crippen LogP contribution in [0.15, 0.2) is 0 Å². The zero-order chi connectivity index (χ0) is 10.6. The fraction of sp³-hybridized carbons (Fsp3) is 0.800. The molecule has 0 spiro atoms. The maximum atomic E-state index is 3.71. The van der Waals surface area contributed by atoms with E-state index in [9.17, 15) is 0 Å². The van der Waals surface area contributed by atoms with Gasteiger partial charge in [-0.15, -0.1) is 0 Å². The van der Waals surface area contributed by atoms with E-state index in [-0.39, 0.29) is 0 Å². The fourth-order valence-electron chi connectivity index (χ4n) is 1.08. The quantitative estimate of drug-likeness (QED) is 0.408. The van der Waals surface area contributed by atoms with E-state index in [1.165, 1.54) is 0 Å². The summed E-state index contributed by atoms with van der Waals surface area (Å²) in [5.74, 6) is 0. The number of rotatable bonds is 10. The third kappa shape index (κ3) is 9.92. The lowest BCUT2D eigenvalue weighted by molar-refractivity contribution is 0.334. The normalized spacial score (nSPS) is 11.1. The van der Waals surface area contributed by atoms with Crippen molar-refractivity contribution in [3.05, 3.63) is 14.0 Å². The van der Waals surface area contributed by atoms with E-state index in [4.69, 9.17) is 0 Å². The van der Waals surface area contributed by atoms with Gasteiger partial charge in [0.2, 0.25) is 0 Å². The smallest absolute Gasteiger partial charge is 0.0104 e. The van der Waals surface area contributed by atoms with Gasteiger partial charge < -0.3 is 20.9 Å². The lowest BCUT2D eigenvalue weighted by atomic mass is 10.5. The molecule has 84 valence electrons. The summed E-state index contributed by atoms with van der Waals surface area (Å²) in [5, 5.41) is 9.41. The molecule has 0 aliphatic carbocycles. The molecular formula is C10H24N4. The van der Waals surface area contributed by atoms with Gasteiger partial charge in [0.1, 0.15) is 0 Å². The van der Waals surface area contributed by atoms with E-state index in [0.29, 0.717) is 0 Å². The van der Waals surface area contributed by atoms with Crippen LogP contribution in [0.4, 0.5) is 0 Å². The van der Waals surface area contributed by atoms with E-state index in [0.717, 1.165) is 45.8 Å². The molecule has 0 fully saturated rings. The maximum Gasteiger partial charge on any atom is 0.0104 e. The molecule has 0 atom stereocenters. The third-order valence-electron chi connectivity index (χ3n) is 2.00. The van der Waals surface area contributed by atoms with Gasteiger partial charge in [-0.25, -0.2) is 0 Å². The van der Waals surface area contributed by atoms with E-state index < -0.39 is 0 Å². The molecule has 0 saturated carbocycles. The van der Waals surface area contributed by atoms with Gasteiger partial charge in [-0.2, -0.15) is 0 Å². The summed E-state index contributed by atoms with van der Waals surface area (Å²) >= 11 is 0. The molecule has 0 saturated heterocycles. The average Bonchev–Trinajstić information content (AvgIpc) is 2.20. The van der Waals surface area contributed by atoms with Gasteiger partial charge in [0.25, 0.3) is 0 Å². The van der Waals surface area contributed by atoms with Crippen LogP contribution in [0, 0.1) is 14.0 Å². The summed E-state index contributed by atoms with van der Waals surface area (Å²) in [6.45, 7) is 10.6. The van der Waals surface area contributed by atoms with E-state index in [2.05, 4.69) is 41.9 Å². The predicted octanol–water partition coefficient (Wildman–Crippen LogP) is -0.687. The first-order chi connectivity index (χ1) is 6.81. The highest BCUT2D eigenvalue weighted by Crippen LogP contribution is 1.78. The summed E-state index contributed by atoms with van der Waals surface area (Å²) in [7, 11) is 5.70. The third-order valence-corrected chi connectivity index (χ3v) is 2.00. The molecule has 3 N–H and O–H groups in total. The summed E-state index contributed by atoms with van der Waals surface area (Å²) in [4.78, 5) is 2.28. The molecule has 0 aliphatic rings. The second kappa shape index (κ2) is 10.9. The minimum Gasteiger partial charge on any atom is -0.315 e. The van der Waals surface area contributed by atoms with E-state index in [1.54, 1.807) is 0 Å². The highest BCUT2D eigenvalue weighted by molar-refractivity contribution is 4.58. The molecule has 0 amide bonds. The van der Waals surface area contributed by atoms with Crippen LogP contribution < -0.4 is 16.0 Å². The van der Waals surface area contributed by atoms with Crippen LogP contribution in [-0.4, -0.2) is 57.8 Å². The number of likely N-dealkylation sites (N-methyl/N-ethyl adjacent to an activating group) is 1. The second-order valence-electron chi connectivity index (χ2n) is 3.30. The molecule has 0 rings (SSSR count). The van der Waals surface area contributed by atoms with E-state index >= 15 is 0 Å². The van der Waals surface area contributed by atoms with Gasteiger partial charge >= 0.3 is 0 Å². The van der Waals surface area contributed by atoms with Gasteiger partial charge in [-0.3, -0.25) is 0 Å². The van der Waals surface area contributed by atoms with E-state index in [1.807, 2.05) is 0 Å². The molecule has 4 heteroatoms. The van der Waals surface area contributed by atoms with Crippen LogP contribution >= 0.6 is 0 Å². The number of hydrogen-bond acceptors (Lipinski definition) is 4. The van der Waals surface area contributed by atoms with Crippen LogP contribution in [0.3, 0.4) is 0 Å². The average molecular weight is 200 g/mol. The van der Waals surface area contributed by atoms with Gasteiger partial charge in [-0.05, 0) is 20.5 Å². The largest absolute Gasteiger partial charge is 0.315 e.